The number of nitro groups is 1. The minimum atomic E-state index is -0.513. The highest BCUT2D eigenvalue weighted by Gasteiger charge is 2.16. The summed E-state index contributed by atoms with van der Waals surface area (Å²) in [5.74, 6) is 0.687. The summed E-state index contributed by atoms with van der Waals surface area (Å²) >= 11 is 0. The van der Waals surface area contributed by atoms with Gasteiger partial charge >= 0.3 is 0 Å². The highest BCUT2D eigenvalue weighted by Crippen LogP contribution is 2.31. The van der Waals surface area contributed by atoms with Gasteiger partial charge in [0.15, 0.2) is 5.88 Å². The van der Waals surface area contributed by atoms with Gasteiger partial charge in [-0.3, -0.25) is 10.1 Å². The second kappa shape index (κ2) is 3.45. The van der Waals surface area contributed by atoms with Gasteiger partial charge in [0.1, 0.15) is 5.75 Å². The largest absolute Gasteiger partial charge is 0.441 e. The molecule has 0 amide bonds. The lowest BCUT2D eigenvalue weighted by atomic mass is 10.0. The quantitative estimate of drug-likeness (QED) is 0.555. The zero-order chi connectivity index (χ0) is 10.8. The van der Waals surface area contributed by atoms with Gasteiger partial charge in [-0.15, -0.1) is 0 Å². The molecule has 0 bridgehead atoms. The number of fused-ring (bicyclic) bond motifs is 1. The van der Waals surface area contributed by atoms with E-state index >= 15 is 0 Å². The van der Waals surface area contributed by atoms with E-state index in [-0.39, 0.29) is 5.88 Å². The first-order valence-corrected chi connectivity index (χ1v) is 4.26. The number of allylic oxidation sites excluding steroid dienone is 2. The van der Waals surface area contributed by atoms with E-state index < -0.39 is 4.92 Å². The van der Waals surface area contributed by atoms with Gasteiger partial charge in [-0.05, 0) is 6.07 Å². The number of ether oxygens (including phenoxy) is 1. The molecule has 15 heavy (non-hydrogen) atoms. The van der Waals surface area contributed by atoms with Crippen LogP contribution in [0.25, 0.3) is 5.57 Å². The van der Waals surface area contributed by atoms with Crippen molar-refractivity contribution in [3.63, 3.8) is 0 Å². The van der Waals surface area contributed by atoms with Crippen LogP contribution >= 0.6 is 0 Å². The predicted molar refractivity (Wildman–Crippen MR) is 54.3 cm³/mol. The molecule has 0 aromatic heterocycles. The molecule has 0 spiro atoms. The van der Waals surface area contributed by atoms with E-state index in [0.29, 0.717) is 16.9 Å². The van der Waals surface area contributed by atoms with Gasteiger partial charge in [0.2, 0.25) is 6.20 Å². The summed E-state index contributed by atoms with van der Waals surface area (Å²) in [5.41, 5.74) is 6.60. The van der Waals surface area contributed by atoms with Crippen LogP contribution in [0.4, 0.5) is 0 Å². The third-order valence-corrected chi connectivity index (χ3v) is 1.97. The van der Waals surface area contributed by atoms with Crippen LogP contribution in [-0.2, 0) is 0 Å². The zero-order valence-electron chi connectivity index (χ0n) is 7.71. The normalized spacial score (nSPS) is 16.5. The van der Waals surface area contributed by atoms with Crippen molar-refractivity contribution < 1.29 is 9.66 Å². The smallest absolute Gasteiger partial charge is 0.242 e. The van der Waals surface area contributed by atoms with E-state index in [1.165, 1.54) is 6.08 Å². The van der Waals surface area contributed by atoms with Gasteiger partial charge in [-0.25, -0.2) is 0 Å². The fourth-order valence-corrected chi connectivity index (χ4v) is 1.40. The number of nitrogens with zero attached hydrogens (tertiary/aromatic N) is 1. The van der Waals surface area contributed by atoms with Crippen molar-refractivity contribution in [1.29, 1.82) is 0 Å². The Balaban J connectivity index is 2.55. The first-order valence-electron chi connectivity index (χ1n) is 4.26. The number of hydrogen-bond acceptors (Lipinski definition) is 4. The highest BCUT2D eigenvalue weighted by atomic mass is 16.6. The molecular weight excluding hydrogens is 196 g/mol. The maximum absolute atomic E-state index is 10.4. The molecule has 0 unspecified atom stereocenters. The monoisotopic (exact) mass is 204 g/mol. The van der Waals surface area contributed by atoms with E-state index in [1.54, 1.807) is 24.3 Å². The average molecular weight is 204 g/mol. The Kier molecular flexibility index (Phi) is 2.13. The maximum Gasteiger partial charge on any atom is 0.242 e. The third kappa shape index (κ3) is 1.80. The van der Waals surface area contributed by atoms with Gasteiger partial charge in [-0.1, -0.05) is 18.2 Å². The van der Waals surface area contributed by atoms with Gasteiger partial charge in [0.25, 0.3) is 0 Å². The molecule has 0 saturated heterocycles. The minimum absolute atomic E-state index is 0.154. The van der Waals surface area contributed by atoms with Crippen LogP contribution in [-0.4, -0.2) is 4.92 Å². The standard InChI is InChI=1S/C10H8N2O3/c11-10-5-7(6-12(13)14)8-3-1-2-4-9(8)15-10/h1-6H,11H2/b7-6+. The van der Waals surface area contributed by atoms with E-state index in [2.05, 4.69) is 0 Å². The molecule has 1 aromatic rings. The summed E-state index contributed by atoms with van der Waals surface area (Å²) in [6.07, 6.45) is 2.35. The van der Waals surface area contributed by atoms with Crippen molar-refractivity contribution >= 4 is 5.57 Å². The second-order valence-corrected chi connectivity index (χ2v) is 3.01. The fourth-order valence-electron chi connectivity index (χ4n) is 1.40. The van der Waals surface area contributed by atoms with E-state index in [0.717, 1.165) is 6.20 Å². The van der Waals surface area contributed by atoms with E-state index in [9.17, 15) is 10.1 Å². The van der Waals surface area contributed by atoms with Crippen LogP contribution in [0.5, 0.6) is 5.75 Å². The van der Waals surface area contributed by atoms with Crippen LogP contribution in [0.15, 0.2) is 42.4 Å². The Morgan fingerprint density at radius 3 is 2.87 bits per heavy atom. The molecule has 1 heterocycles. The molecule has 1 aliphatic heterocycles. The SMILES string of the molecule is NC1=C/C(=C\[N+](=O)[O-])c2ccccc2O1. The summed E-state index contributed by atoms with van der Waals surface area (Å²) in [5, 5.41) is 10.4. The Morgan fingerprint density at radius 2 is 2.13 bits per heavy atom. The highest BCUT2D eigenvalue weighted by molar-refractivity contribution is 5.79. The summed E-state index contributed by atoms with van der Waals surface area (Å²) < 4.78 is 5.22. The maximum atomic E-state index is 10.4. The Bertz CT molecular complexity index is 477. The first-order chi connectivity index (χ1) is 7.16. The van der Waals surface area contributed by atoms with Crippen LogP contribution in [0, 0.1) is 10.1 Å². The lowest BCUT2D eigenvalue weighted by molar-refractivity contribution is -0.401. The number of hydrogen-bond donors (Lipinski definition) is 1. The Morgan fingerprint density at radius 1 is 1.40 bits per heavy atom. The molecule has 0 atom stereocenters. The molecule has 0 fully saturated rings. The average Bonchev–Trinajstić information content (AvgIpc) is 2.16. The molecule has 1 aromatic carbocycles. The Labute approximate surface area is 85.6 Å². The van der Waals surface area contributed by atoms with E-state index in [4.69, 9.17) is 10.5 Å². The number of nitrogens with two attached hydrogens (primary N) is 1. The number of para-hydroxylation sites is 1. The molecule has 0 radical (unpaired) electrons. The fraction of sp³-hybridized carbons (Fsp3) is 0. The van der Waals surface area contributed by atoms with Gasteiger partial charge in [-0.2, -0.15) is 0 Å². The lowest BCUT2D eigenvalue weighted by Gasteiger charge is -2.15. The lowest BCUT2D eigenvalue weighted by Crippen LogP contribution is -2.11. The molecule has 5 heteroatoms. The van der Waals surface area contributed by atoms with Crippen molar-refractivity contribution in [3.8, 4) is 5.75 Å². The van der Waals surface area contributed by atoms with Crippen LogP contribution in [0.3, 0.4) is 0 Å². The molecule has 2 N–H and O–H groups in total. The van der Waals surface area contributed by atoms with Crippen molar-refractivity contribution in [2.45, 2.75) is 0 Å². The topological polar surface area (TPSA) is 78.4 Å². The number of rotatable bonds is 1. The Hall–Kier alpha value is -2.30. The number of benzene rings is 1. The predicted octanol–water partition coefficient (Wildman–Crippen LogP) is 1.50. The first kappa shape index (κ1) is 9.26. The molecule has 2 rings (SSSR count). The minimum Gasteiger partial charge on any atom is -0.441 e. The van der Waals surface area contributed by atoms with Gasteiger partial charge < -0.3 is 10.5 Å². The molecule has 1 aliphatic rings. The van der Waals surface area contributed by atoms with Crippen molar-refractivity contribution in [1.82, 2.24) is 0 Å². The summed E-state index contributed by atoms with van der Waals surface area (Å²) in [6, 6.07) is 7.02. The summed E-state index contributed by atoms with van der Waals surface area (Å²) in [4.78, 5) is 9.89. The molecule has 76 valence electrons. The van der Waals surface area contributed by atoms with E-state index in [1.807, 2.05) is 0 Å². The van der Waals surface area contributed by atoms with Crippen LogP contribution in [0.1, 0.15) is 5.56 Å². The van der Waals surface area contributed by atoms with Crippen LogP contribution in [0.2, 0.25) is 0 Å². The zero-order valence-corrected chi connectivity index (χ0v) is 7.71. The van der Waals surface area contributed by atoms with Crippen molar-refractivity contribution in [2.75, 3.05) is 0 Å². The molecule has 0 saturated carbocycles. The second-order valence-electron chi connectivity index (χ2n) is 3.01. The van der Waals surface area contributed by atoms with Gasteiger partial charge in [0, 0.05) is 11.6 Å². The third-order valence-electron chi connectivity index (χ3n) is 1.97. The molecule has 0 aliphatic carbocycles. The molecule has 5 nitrogen and oxygen atoms in total. The summed E-state index contributed by atoms with van der Waals surface area (Å²) in [7, 11) is 0. The van der Waals surface area contributed by atoms with Gasteiger partial charge in [0.05, 0.1) is 10.5 Å². The van der Waals surface area contributed by atoms with Crippen molar-refractivity contribution in [2.24, 2.45) is 5.73 Å². The summed E-state index contributed by atoms with van der Waals surface area (Å²) in [6.45, 7) is 0. The molecular formula is C10H8N2O3. The van der Waals surface area contributed by atoms with Crippen LogP contribution < -0.4 is 10.5 Å². The van der Waals surface area contributed by atoms with Crippen molar-refractivity contribution in [3.05, 3.63) is 58.1 Å².